The maximum absolute atomic E-state index is 12.3. The van der Waals surface area contributed by atoms with Gasteiger partial charge in [-0.2, -0.15) is 0 Å². The van der Waals surface area contributed by atoms with E-state index >= 15 is 0 Å². The predicted octanol–water partition coefficient (Wildman–Crippen LogP) is 3.36. The monoisotopic (exact) mass is 353 g/mol. The molecule has 0 aliphatic carbocycles. The van der Waals surface area contributed by atoms with E-state index in [0.29, 0.717) is 31.0 Å². The number of ether oxygens (including phenoxy) is 1. The smallest absolute Gasteiger partial charge is 0.319 e. The second-order valence-electron chi connectivity index (χ2n) is 6.18. The van der Waals surface area contributed by atoms with Crippen molar-refractivity contribution in [3.63, 3.8) is 0 Å². The number of amides is 3. The quantitative estimate of drug-likeness (QED) is 0.866. The Kier molecular flexibility index (Phi) is 5.41. The molecule has 2 N–H and O–H groups in total. The summed E-state index contributed by atoms with van der Waals surface area (Å²) in [6, 6.07) is 14.8. The van der Waals surface area contributed by atoms with Crippen molar-refractivity contribution in [1.29, 1.82) is 0 Å². The Labute approximate surface area is 153 Å². The molecule has 6 nitrogen and oxygen atoms in total. The van der Waals surface area contributed by atoms with Gasteiger partial charge in [0.2, 0.25) is 5.91 Å². The Morgan fingerprint density at radius 3 is 2.73 bits per heavy atom. The number of hydrogen-bond donors (Lipinski definition) is 2. The number of fused-ring (bicyclic) bond motifs is 1. The van der Waals surface area contributed by atoms with Crippen molar-refractivity contribution in [2.45, 2.75) is 19.3 Å². The fourth-order valence-electron chi connectivity index (χ4n) is 3.15. The lowest BCUT2D eigenvalue weighted by Crippen LogP contribution is -2.38. The minimum absolute atomic E-state index is 0.0391. The zero-order valence-electron chi connectivity index (χ0n) is 15.0. The fourth-order valence-corrected chi connectivity index (χ4v) is 3.15. The van der Waals surface area contributed by atoms with Crippen LogP contribution in [0.25, 0.3) is 0 Å². The molecule has 1 aliphatic rings. The highest BCUT2D eigenvalue weighted by Crippen LogP contribution is 2.34. The summed E-state index contributed by atoms with van der Waals surface area (Å²) in [4.78, 5) is 26.2. The van der Waals surface area contributed by atoms with Crippen molar-refractivity contribution in [2.75, 3.05) is 30.4 Å². The Morgan fingerprint density at radius 1 is 1.19 bits per heavy atom. The molecule has 6 heteroatoms. The standard InChI is InChI=1S/C20H23N3O3/c1-3-26-18-11-7-5-9-16(18)22-20(25)21-13-14-12-19(24)23(2)17-10-6-4-8-15(14)17/h4-11,14H,3,12-13H2,1-2H3,(H2,21,22,25)/t14-/m0/s1. The molecule has 0 radical (unpaired) electrons. The molecular weight excluding hydrogens is 330 g/mol. The van der Waals surface area contributed by atoms with Crippen LogP contribution in [-0.4, -0.2) is 32.1 Å². The summed E-state index contributed by atoms with van der Waals surface area (Å²) >= 11 is 0. The molecule has 26 heavy (non-hydrogen) atoms. The van der Waals surface area contributed by atoms with E-state index in [1.807, 2.05) is 49.4 Å². The zero-order valence-corrected chi connectivity index (χ0v) is 15.0. The Morgan fingerprint density at radius 2 is 1.92 bits per heavy atom. The summed E-state index contributed by atoms with van der Waals surface area (Å²) in [5, 5.41) is 5.68. The SMILES string of the molecule is CCOc1ccccc1NC(=O)NC[C@@H]1CC(=O)N(C)c2ccccc21. The van der Waals surface area contributed by atoms with Crippen LogP contribution in [0, 0.1) is 0 Å². The molecule has 0 saturated carbocycles. The Balaban J connectivity index is 1.65. The molecule has 3 rings (SSSR count). The zero-order chi connectivity index (χ0) is 18.5. The summed E-state index contributed by atoms with van der Waals surface area (Å²) in [5.41, 5.74) is 2.59. The predicted molar refractivity (Wildman–Crippen MR) is 102 cm³/mol. The van der Waals surface area contributed by atoms with Crippen molar-refractivity contribution >= 4 is 23.3 Å². The molecule has 1 atom stereocenters. The van der Waals surface area contributed by atoms with Gasteiger partial charge in [0.25, 0.3) is 0 Å². The third kappa shape index (κ3) is 3.79. The number of urea groups is 1. The summed E-state index contributed by atoms with van der Waals surface area (Å²) in [6.45, 7) is 2.80. The second-order valence-corrected chi connectivity index (χ2v) is 6.18. The van der Waals surface area contributed by atoms with Gasteiger partial charge in [0, 0.05) is 31.6 Å². The Bertz CT molecular complexity index is 806. The third-order valence-electron chi connectivity index (χ3n) is 4.48. The van der Waals surface area contributed by atoms with Gasteiger partial charge in [0.05, 0.1) is 12.3 Å². The van der Waals surface area contributed by atoms with E-state index in [-0.39, 0.29) is 17.9 Å². The van der Waals surface area contributed by atoms with Gasteiger partial charge in [-0.25, -0.2) is 4.79 Å². The van der Waals surface area contributed by atoms with Crippen LogP contribution in [-0.2, 0) is 4.79 Å². The lowest BCUT2D eigenvalue weighted by Gasteiger charge is -2.31. The van der Waals surface area contributed by atoms with Crippen LogP contribution in [0.2, 0.25) is 0 Å². The number of benzene rings is 2. The first-order chi connectivity index (χ1) is 12.6. The lowest BCUT2D eigenvalue weighted by atomic mass is 9.89. The summed E-state index contributed by atoms with van der Waals surface area (Å²) in [7, 11) is 1.78. The molecule has 0 aromatic heterocycles. The van der Waals surface area contributed by atoms with E-state index in [9.17, 15) is 9.59 Å². The number of hydrogen-bond acceptors (Lipinski definition) is 3. The van der Waals surface area contributed by atoms with E-state index in [0.717, 1.165) is 11.3 Å². The van der Waals surface area contributed by atoms with Crippen LogP contribution in [0.1, 0.15) is 24.8 Å². The van der Waals surface area contributed by atoms with Gasteiger partial charge in [-0.1, -0.05) is 30.3 Å². The van der Waals surface area contributed by atoms with Crippen LogP contribution >= 0.6 is 0 Å². The molecule has 0 bridgehead atoms. The molecule has 0 saturated heterocycles. The van der Waals surface area contributed by atoms with E-state index < -0.39 is 0 Å². The van der Waals surface area contributed by atoms with Crippen LogP contribution in [0.4, 0.5) is 16.2 Å². The molecule has 0 fully saturated rings. The molecular formula is C20H23N3O3. The van der Waals surface area contributed by atoms with Crippen molar-refractivity contribution in [2.24, 2.45) is 0 Å². The van der Waals surface area contributed by atoms with Gasteiger partial charge in [-0.15, -0.1) is 0 Å². The van der Waals surface area contributed by atoms with E-state index in [2.05, 4.69) is 10.6 Å². The number of carbonyl (C=O) groups excluding carboxylic acids is 2. The summed E-state index contributed by atoms with van der Waals surface area (Å²) in [6.07, 6.45) is 0.378. The van der Waals surface area contributed by atoms with Crippen molar-refractivity contribution in [3.05, 3.63) is 54.1 Å². The number of rotatable bonds is 5. The minimum atomic E-state index is -0.319. The van der Waals surface area contributed by atoms with Gasteiger partial charge < -0.3 is 20.3 Å². The number of carbonyl (C=O) groups is 2. The lowest BCUT2D eigenvalue weighted by molar-refractivity contribution is -0.119. The number of anilines is 2. The van der Waals surface area contributed by atoms with Crippen molar-refractivity contribution in [1.82, 2.24) is 5.32 Å². The van der Waals surface area contributed by atoms with Crippen LogP contribution in [0.15, 0.2) is 48.5 Å². The second kappa shape index (κ2) is 7.91. The van der Waals surface area contributed by atoms with E-state index in [1.54, 1.807) is 18.0 Å². The highest BCUT2D eigenvalue weighted by molar-refractivity contribution is 5.97. The Hall–Kier alpha value is -3.02. The number of nitrogens with zero attached hydrogens (tertiary/aromatic N) is 1. The number of para-hydroxylation sites is 3. The number of nitrogens with one attached hydrogen (secondary N) is 2. The molecule has 1 heterocycles. The first-order valence-corrected chi connectivity index (χ1v) is 8.72. The molecule has 0 spiro atoms. The van der Waals surface area contributed by atoms with Gasteiger partial charge in [-0.05, 0) is 30.7 Å². The van der Waals surface area contributed by atoms with Crippen molar-refractivity contribution in [3.8, 4) is 5.75 Å². The van der Waals surface area contributed by atoms with Gasteiger partial charge in [0.1, 0.15) is 5.75 Å². The van der Waals surface area contributed by atoms with E-state index in [1.165, 1.54) is 0 Å². The fraction of sp³-hybridized carbons (Fsp3) is 0.300. The van der Waals surface area contributed by atoms with Crippen molar-refractivity contribution < 1.29 is 14.3 Å². The molecule has 1 aliphatic heterocycles. The molecule has 3 amide bonds. The van der Waals surface area contributed by atoms with Crippen LogP contribution < -0.4 is 20.3 Å². The molecule has 2 aromatic rings. The maximum Gasteiger partial charge on any atom is 0.319 e. The average Bonchev–Trinajstić information content (AvgIpc) is 2.65. The maximum atomic E-state index is 12.3. The third-order valence-corrected chi connectivity index (χ3v) is 4.48. The van der Waals surface area contributed by atoms with Crippen LogP contribution in [0.3, 0.4) is 0 Å². The van der Waals surface area contributed by atoms with Gasteiger partial charge in [0.15, 0.2) is 0 Å². The highest BCUT2D eigenvalue weighted by Gasteiger charge is 2.29. The first-order valence-electron chi connectivity index (χ1n) is 8.72. The average molecular weight is 353 g/mol. The molecule has 2 aromatic carbocycles. The van der Waals surface area contributed by atoms with Crippen LogP contribution in [0.5, 0.6) is 5.75 Å². The first kappa shape index (κ1) is 17.8. The minimum Gasteiger partial charge on any atom is -0.492 e. The summed E-state index contributed by atoms with van der Waals surface area (Å²) in [5.74, 6) is 0.644. The van der Waals surface area contributed by atoms with Gasteiger partial charge in [-0.3, -0.25) is 4.79 Å². The topological polar surface area (TPSA) is 70.7 Å². The summed E-state index contributed by atoms with van der Waals surface area (Å²) < 4.78 is 5.51. The largest absolute Gasteiger partial charge is 0.492 e. The molecule has 0 unspecified atom stereocenters. The normalized spacial score (nSPS) is 16.0. The highest BCUT2D eigenvalue weighted by atomic mass is 16.5. The van der Waals surface area contributed by atoms with E-state index in [4.69, 9.17) is 4.74 Å². The van der Waals surface area contributed by atoms with Gasteiger partial charge >= 0.3 is 6.03 Å². The molecule has 136 valence electrons.